The molecule has 1 unspecified atom stereocenters. The smallest absolute Gasteiger partial charge is 0.228 e. The summed E-state index contributed by atoms with van der Waals surface area (Å²) in [6.45, 7) is 2.27. The van der Waals surface area contributed by atoms with Crippen LogP contribution in [0.2, 0.25) is 0 Å². The van der Waals surface area contributed by atoms with Crippen LogP contribution in [0.4, 0.5) is 5.69 Å². The minimum Gasteiger partial charge on any atom is -0.330 e. The summed E-state index contributed by atoms with van der Waals surface area (Å²) in [6, 6.07) is 6.21. The molecule has 1 aromatic carbocycles. The van der Waals surface area contributed by atoms with E-state index in [1.54, 1.807) is 12.1 Å². The van der Waals surface area contributed by atoms with Gasteiger partial charge in [0, 0.05) is 18.5 Å². The second-order valence-corrected chi connectivity index (χ2v) is 6.53. The van der Waals surface area contributed by atoms with Gasteiger partial charge in [0.1, 0.15) is 0 Å². The van der Waals surface area contributed by atoms with Gasteiger partial charge in [0.15, 0.2) is 9.84 Å². The Hall–Kier alpha value is -1.40. The average molecular weight is 284 g/mol. The van der Waals surface area contributed by atoms with Gasteiger partial charge in [-0.15, -0.1) is 0 Å². The van der Waals surface area contributed by atoms with E-state index in [9.17, 15) is 13.2 Å². The normalized spacial score (nSPS) is 13.0. The van der Waals surface area contributed by atoms with Gasteiger partial charge in [-0.05, 0) is 24.6 Å². The van der Waals surface area contributed by atoms with Gasteiger partial charge in [-0.25, -0.2) is 8.42 Å². The Labute approximate surface area is 114 Å². The van der Waals surface area contributed by atoms with Gasteiger partial charge in [-0.2, -0.15) is 0 Å². The fourth-order valence-corrected chi connectivity index (χ4v) is 2.42. The van der Waals surface area contributed by atoms with E-state index < -0.39 is 9.84 Å². The number of amides is 1. The van der Waals surface area contributed by atoms with E-state index in [4.69, 9.17) is 5.73 Å². The number of nitrogens with two attached hydrogens (primary N) is 1. The second-order valence-electron chi connectivity index (χ2n) is 4.51. The molecule has 0 saturated carbocycles. The fourth-order valence-electron chi connectivity index (χ4n) is 1.75. The fraction of sp³-hybridized carbons (Fsp3) is 0.462. The maximum Gasteiger partial charge on any atom is 0.228 e. The van der Waals surface area contributed by atoms with Gasteiger partial charge >= 0.3 is 0 Å². The van der Waals surface area contributed by atoms with Crippen LogP contribution in [-0.4, -0.2) is 27.1 Å². The maximum atomic E-state index is 12.0. The van der Waals surface area contributed by atoms with Crippen LogP contribution in [0.5, 0.6) is 0 Å². The highest BCUT2D eigenvalue weighted by Crippen LogP contribution is 2.16. The van der Waals surface area contributed by atoms with E-state index in [1.807, 2.05) is 6.92 Å². The van der Waals surface area contributed by atoms with Crippen LogP contribution in [0.25, 0.3) is 0 Å². The number of hydrogen-bond donors (Lipinski definition) is 2. The van der Waals surface area contributed by atoms with E-state index in [-0.39, 0.29) is 23.3 Å². The molecule has 0 fully saturated rings. The number of hydrogen-bond acceptors (Lipinski definition) is 4. The molecule has 3 N–H and O–H groups in total. The molecule has 0 aliphatic heterocycles. The Morgan fingerprint density at radius 3 is 2.63 bits per heavy atom. The lowest BCUT2D eigenvalue weighted by molar-refractivity contribution is -0.119. The van der Waals surface area contributed by atoms with Crippen molar-refractivity contribution < 1.29 is 13.2 Å². The largest absolute Gasteiger partial charge is 0.330 e. The highest BCUT2D eigenvalue weighted by molar-refractivity contribution is 7.90. The van der Waals surface area contributed by atoms with E-state index in [1.165, 1.54) is 12.1 Å². The summed E-state index contributed by atoms with van der Waals surface area (Å²) in [5.74, 6) is -0.415. The molecule has 6 heteroatoms. The highest BCUT2D eigenvalue weighted by Gasteiger charge is 2.16. The lowest BCUT2D eigenvalue weighted by atomic mass is 10.0. The predicted molar refractivity (Wildman–Crippen MR) is 75.6 cm³/mol. The van der Waals surface area contributed by atoms with Crippen LogP contribution in [0.15, 0.2) is 29.2 Å². The van der Waals surface area contributed by atoms with E-state index in [0.717, 1.165) is 12.7 Å². The molecule has 5 nitrogen and oxygen atoms in total. The quantitative estimate of drug-likeness (QED) is 0.826. The molecule has 0 aliphatic carbocycles. The third-order valence-electron chi connectivity index (χ3n) is 2.82. The Bertz CT molecular complexity index is 541. The first-order valence-corrected chi connectivity index (χ1v) is 8.08. The van der Waals surface area contributed by atoms with Crippen molar-refractivity contribution in [1.82, 2.24) is 0 Å². The van der Waals surface area contributed by atoms with Crippen molar-refractivity contribution in [2.45, 2.75) is 24.7 Å². The molecule has 1 rings (SSSR count). The minimum atomic E-state index is -3.27. The molecule has 1 aromatic rings. The van der Waals surface area contributed by atoms with Gasteiger partial charge in [0.25, 0.3) is 0 Å². The number of carbonyl (C=O) groups is 1. The topological polar surface area (TPSA) is 89.3 Å². The molecule has 106 valence electrons. The van der Waals surface area contributed by atoms with Crippen molar-refractivity contribution in [3.05, 3.63) is 24.3 Å². The monoisotopic (exact) mass is 284 g/mol. The molecule has 0 aliphatic rings. The lowest BCUT2D eigenvalue weighted by Gasteiger charge is -2.14. The van der Waals surface area contributed by atoms with Crippen LogP contribution in [0, 0.1) is 5.92 Å². The Morgan fingerprint density at radius 1 is 1.42 bits per heavy atom. The van der Waals surface area contributed by atoms with Crippen LogP contribution in [-0.2, 0) is 14.6 Å². The number of sulfone groups is 1. The van der Waals surface area contributed by atoms with Gasteiger partial charge < -0.3 is 11.1 Å². The molecule has 1 amide bonds. The molecule has 0 radical (unpaired) electrons. The lowest BCUT2D eigenvalue weighted by Crippen LogP contribution is -2.29. The van der Waals surface area contributed by atoms with Crippen molar-refractivity contribution in [1.29, 1.82) is 0 Å². The molecule has 0 saturated heterocycles. The summed E-state index contributed by atoms with van der Waals surface area (Å²) in [4.78, 5) is 12.1. The van der Waals surface area contributed by atoms with Gasteiger partial charge in [-0.3, -0.25) is 4.79 Å². The zero-order valence-electron chi connectivity index (χ0n) is 11.2. The number of nitrogens with one attached hydrogen (secondary N) is 1. The van der Waals surface area contributed by atoms with Gasteiger partial charge in [0.2, 0.25) is 5.91 Å². The molecule has 0 heterocycles. The standard InChI is InChI=1S/C13H20N2O3S/c1-3-5-10(9-14)13(16)15-11-6-4-7-12(8-11)19(2,17)18/h4,6-8,10H,3,5,9,14H2,1-2H3,(H,15,16). The third kappa shape index (κ3) is 4.65. The van der Waals surface area contributed by atoms with Crippen molar-refractivity contribution in [3.63, 3.8) is 0 Å². The van der Waals surface area contributed by atoms with E-state index >= 15 is 0 Å². The first-order chi connectivity index (χ1) is 8.88. The number of anilines is 1. The second kappa shape index (κ2) is 6.68. The summed E-state index contributed by atoms with van der Waals surface area (Å²) in [5.41, 5.74) is 6.03. The summed E-state index contributed by atoms with van der Waals surface area (Å²) in [7, 11) is -3.27. The van der Waals surface area contributed by atoms with Crippen molar-refractivity contribution >= 4 is 21.4 Å². The van der Waals surface area contributed by atoms with Gasteiger partial charge in [-0.1, -0.05) is 19.4 Å². The minimum absolute atomic E-state index is 0.171. The molecular formula is C13H20N2O3S. The first-order valence-electron chi connectivity index (χ1n) is 6.19. The number of rotatable bonds is 6. The van der Waals surface area contributed by atoms with E-state index in [2.05, 4.69) is 5.32 Å². The van der Waals surface area contributed by atoms with Gasteiger partial charge in [0.05, 0.1) is 10.8 Å². The Balaban J connectivity index is 2.85. The molecular weight excluding hydrogens is 264 g/mol. The summed E-state index contributed by atoms with van der Waals surface area (Å²) in [6.07, 6.45) is 2.72. The molecule has 0 spiro atoms. The molecule has 19 heavy (non-hydrogen) atoms. The third-order valence-corrected chi connectivity index (χ3v) is 3.93. The van der Waals surface area contributed by atoms with Crippen LogP contribution >= 0.6 is 0 Å². The van der Waals surface area contributed by atoms with Crippen molar-refractivity contribution in [2.75, 3.05) is 18.1 Å². The summed E-state index contributed by atoms with van der Waals surface area (Å²) in [5, 5.41) is 2.71. The zero-order valence-corrected chi connectivity index (χ0v) is 12.0. The van der Waals surface area contributed by atoms with Crippen LogP contribution < -0.4 is 11.1 Å². The molecule has 1 atom stereocenters. The summed E-state index contributed by atoms with van der Waals surface area (Å²) >= 11 is 0. The maximum absolute atomic E-state index is 12.0. The Kier molecular flexibility index (Phi) is 5.50. The first kappa shape index (κ1) is 15.7. The Morgan fingerprint density at radius 2 is 2.11 bits per heavy atom. The predicted octanol–water partition coefficient (Wildman–Crippen LogP) is 1.40. The number of carbonyl (C=O) groups excluding carboxylic acids is 1. The average Bonchev–Trinajstić information content (AvgIpc) is 2.35. The highest BCUT2D eigenvalue weighted by atomic mass is 32.2. The van der Waals surface area contributed by atoms with Crippen molar-refractivity contribution in [3.8, 4) is 0 Å². The van der Waals surface area contributed by atoms with Crippen molar-refractivity contribution in [2.24, 2.45) is 11.7 Å². The van der Waals surface area contributed by atoms with E-state index in [0.29, 0.717) is 12.1 Å². The molecule has 0 bridgehead atoms. The SMILES string of the molecule is CCCC(CN)C(=O)Nc1cccc(S(C)(=O)=O)c1. The van der Waals surface area contributed by atoms with Crippen LogP contribution in [0.1, 0.15) is 19.8 Å². The number of benzene rings is 1. The van der Waals surface area contributed by atoms with Crippen LogP contribution in [0.3, 0.4) is 0 Å². The summed E-state index contributed by atoms with van der Waals surface area (Å²) < 4.78 is 22.9. The molecule has 0 aromatic heterocycles. The zero-order chi connectivity index (χ0) is 14.5.